The van der Waals surface area contributed by atoms with Crippen LogP contribution in [-0.2, 0) is 14.3 Å². The van der Waals surface area contributed by atoms with E-state index in [1.54, 1.807) is 29.8 Å². The lowest BCUT2D eigenvalue weighted by Crippen LogP contribution is -2.21. The fourth-order valence-electron chi connectivity index (χ4n) is 3.03. The number of ether oxygens (including phenoxy) is 2. The third-order valence-electron chi connectivity index (χ3n) is 4.60. The van der Waals surface area contributed by atoms with Crippen molar-refractivity contribution in [3.8, 4) is 11.4 Å². The van der Waals surface area contributed by atoms with Gasteiger partial charge in [0.25, 0.3) is 5.91 Å². The lowest BCUT2D eigenvalue weighted by Gasteiger charge is -2.09. The summed E-state index contributed by atoms with van der Waals surface area (Å²) in [6.07, 6.45) is 0.532. The van der Waals surface area contributed by atoms with Crippen molar-refractivity contribution in [2.24, 2.45) is 0 Å². The number of carbonyl (C=O) groups is 2. The largest absolute Gasteiger partial charge is 0.492 e. The van der Waals surface area contributed by atoms with Crippen LogP contribution in [0.15, 0.2) is 48.5 Å². The zero-order chi connectivity index (χ0) is 23.1. The van der Waals surface area contributed by atoms with E-state index in [0.717, 1.165) is 11.4 Å². The van der Waals surface area contributed by atoms with Crippen molar-refractivity contribution in [2.75, 3.05) is 18.5 Å². The maximum atomic E-state index is 12.3. The van der Waals surface area contributed by atoms with Crippen LogP contribution in [0, 0.1) is 13.8 Å². The van der Waals surface area contributed by atoms with E-state index in [2.05, 4.69) is 10.4 Å². The highest BCUT2D eigenvalue weighted by Crippen LogP contribution is 2.27. The molecule has 0 aliphatic heterocycles. The highest BCUT2D eigenvalue weighted by atomic mass is 35.5. The fourth-order valence-corrected chi connectivity index (χ4v) is 3.49. The van der Waals surface area contributed by atoms with E-state index < -0.39 is 11.9 Å². The Balaban J connectivity index is 1.43. The molecule has 1 aromatic heterocycles. The zero-order valence-corrected chi connectivity index (χ0v) is 19.2. The van der Waals surface area contributed by atoms with Gasteiger partial charge in [0.1, 0.15) is 5.75 Å². The molecule has 0 fully saturated rings. The highest BCUT2D eigenvalue weighted by molar-refractivity contribution is 6.35. The smallest absolute Gasteiger partial charge is 0.306 e. The van der Waals surface area contributed by atoms with Gasteiger partial charge in [0.2, 0.25) is 0 Å². The van der Waals surface area contributed by atoms with E-state index >= 15 is 0 Å². The molecule has 1 heterocycles. The molecule has 2 aromatic carbocycles. The first-order valence-electron chi connectivity index (χ1n) is 10.00. The molecule has 9 heteroatoms. The standard InChI is InChI=1S/C23H23Cl2N3O4/c1-15-23(16(2)28(27-15)18-7-4-3-5-8-18)26-21(29)14-32-22(30)9-6-12-31-20-11-10-17(24)13-19(20)25/h3-5,7-8,10-11,13H,6,9,12,14H2,1-2H3,(H,26,29). The van der Waals surface area contributed by atoms with Crippen LogP contribution in [0.2, 0.25) is 10.0 Å². The maximum absolute atomic E-state index is 12.3. The second kappa shape index (κ2) is 11.0. The van der Waals surface area contributed by atoms with Crippen LogP contribution in [0.1, 0.15) is 24.2 Å². The second-order valence-electron chi connectivity index (χ2n) is 7.03. The second-order valence-corrected chi connectivity index (χ2v) is 7.87. The van der Waals surface area contributed by atoms with Crippen molar-refractivity contribution >= 4 is 40.8 Å². The number of amides is 1. The van der Waals surface area contributed by atoms with Crippen LogP contribution in [0.3, 0.4) is 0 Å². The number of para-hydroxylation sites is 1. The third kappa shape index (κ3) is 6.24. The van der Waals surface area contributed by atoms with Gasteiger partial charge in [-0.25, -0.2) is 4.68 Å². The molecule has 1 amide bonds. The average Bonchev–Trinajstić information content (AvgIpc) is 3.05. The number of aromatic nitrogens is 2. The molecule has 0 aliphatic rings. The quantitative estimate of drug-likeness (QED) is 0.342. The first-order chi connectivity index (χ1) is 15.3. The van der Waals surface area contributed by atoms with E-state index in [9.17, 15) is 9.59 Å². The number of benzene rings is 2. The summed E-state index contributed by atoms with van der Waals surface area (Å²) in [7, 11) is 0. The number of aryl methyl sites for hydroxylation is 1. The van der Waals surface area contributed by atoms with Crippen LogP contribution in [0.5, 0.6) is 5.75 Å². The van der Waals surface area contributed by atoms with Gasteiger partial charge in [0, 0.05) is 11.4 Å². The number of halogens is 2. The topological polar surface area (TPSA) is 82.5 Å². The molecule has 0 aliphatic carbocycles. The van der Waals surface area contributed by atoms with Crippen LogP contribution in [-0.4, -0.2) is 34.9 Å². The summed E-state index contributed by atoms with van der Waals surface area (Å²) >= 11 is 11.9. The monoisotopic (exact) mass is 475 g/mol. The molecule has 0 radical (unpaired) electrons. The minimum Gasteiger partial charge on any atom is -0.492 e. The SMILES string of the molecule is Cc1nn(-c2ccccc2)c(C)c1NC(=O)COC(=O)CCCOc1ccc(Cl)cc1Cl. The molecule has 3 rings (SSSR count). The fraction of sp³-hybridized carbons (Fsp3) is 0.261. The van der Waals surface area contributed by atoms with Crippen LogP contribution < -0.4 is 10.1 Å². The Morgan fingerprint density at radius 1 is 1.09 bits per heavy atom. The number of carbonyl (C=O) groups excluding carboxylic acids is 2. The summed E-state index contributed by atoms with van der Waals surface area (Å²) in [5, 5.41) is 8.17. The van der Waals surface area contributed by atoms with Crippen LogP contribution in [0.4, 0.5) is 5.69 Å². The predicted octanol–water partition coefficient (Wildman–Crippen LogP) is 5.14. The first-order valence-corrected chi connectivity index (χ1v) is 10.8. The van der Waals surface area contributed by atoms with Crippen molar-refractivity contribution < 1.29 is 19.1 Å². The van der Waals surface area contributed by atoms with Crippen molar-refractivity contribution in [1.29, 1.82) is 0 Å². The molecular weight excluding hydrogens is 453 g/mol. The minimum atomic E-state index is -0.487. The first kappa shape index (κ1) is 23.6. The molecule has 0 bridgehead atoms. The molecule has 0 spiro atoms. The van der Waals surface area contributed by atoms with Gasteiger partial charge < -0.3 is 14.8 Å². The number of anilines is 1. The van der Waals surface area contributed by atoms with Gasteiger partial charge in [-0.3, -0.25) is 9.59 Å². The summed E-state index contributed by atoms with van der Waals surface area (Å²) in [5.74, 6) is -0.425. The molecule has 3 aromatic rings. The maximum Gasteiger partial charge on any atom is 0.306 e. The normalized spacial score (nSPS) is 10.6. The Morgan fingerprint density at radius 3 is 2.56 bits per heavy atom. The van der Waals surface area contributed by atoms with Crippen LogP contribution in [0.25, 0.3) is 5.69 Å². The molecule has 0 unspecified atom stereocenters. The number of esters is 1. The van der Waals surface area contributed by atoms with Gasteiger partial charge in [-0.05, 0) is 50.6 Å². The molecule has 1 N–H and O–H groups in total. The molecule has 0 atom stereocenters. The summed E-state index contributed by atoms with van der Waals surface area (Å²) < 4.78 is 12.3. The Bertz CT molecular complexity index is 1100. The number of nitrogens with zero attached hydrogens (tertiary/aromatic N) is 2. The van der Waals surface area contributed by atoms with Gasteiger partial charge in [-0.15, -0.1) is 0 Å². The van der Waals surface area contributed by atoms with Crippen molar-refractivity contribution in [3.63, 3.8) is 0 Å². The summed E-state index contributed by atoms with van der Waals surface area (Å²) in [6, 6.07) is 14.5. The van der Waals surface area contributed by atoms with Crippen molar-refractivity contribution in [1.82, 2.24) is 9.78 Å². The summed E-state index contributed by atoms with van der Waals surface area (Å²) in [6.45, 7) is 3.57. The van der Waals surface area contributed by atoms with Gasteiger partial charge in [0.15, 0.2) is 6.61 Å². The number of hydrogen-bond donors (Lipinski definition) is 1. The Morgan fingerprint density at radius 2 is 1.84 bits per heavy atom. The molecule has 7 nitrogen and oxygen atoms in total. The van der Waals surface area contributed by atoms with Crippen molar-refractivity contribution in [3.05, 3.63) is 70.0 Å². The Kier molecular flexibility index (Phi) is 8.14. The summed E-state index contributed by atoms with van der Waals surface area (Å²) in [5.41, 5.74) is 2.95. The van der Waals surface area contributed by atoms with Gasteiger partial charge >= 0.3 is 5.97 Å². The molecule has 168 valence electrons. The Labute approximate surface area is 196 Å². The van der Waals surface area contributed by atoms with E-state index in [1.807, 2.05) is 37.3 Å². The molecule has 32 heavy (non-hydrogen) atoms. The number of rotatable bonds is 9. The van der Waals surface area contributed by atoms with E-state index in [-0.39, 0.29) is 19.6 Å². The molecular formula is C23H23Cl2N3O4. The summed E-state index contributed by atoms with van der Waals surface area (Å²) in [4.78, 5) is 24.2. The van der Waals surface area contributed by atoms with E-state index in [1.165, 1.54) is 0 Å². The lowest BCUT2D eigenvalue weighted by atomic mass is 10.3. The van der Waals surface area contributed by atoms with E-state index in [4.69, 9.17) is 32.7 Å². The minimum absolute atomic E-state index is 0.114. The Hall–Kier alpha value is -3.03. The van der Waals surface area contributed by atoms with Crippen LogP contribution >= 0.6 is 23.2 Å². The third-order valence-corrected chi connectivity index (χ3v) is 5.13. The van der Waals surface area contributed by atoms with Crippen molar-refractivity contribution in [2.45, 2.75) is 26.7 Å². The highest BCUT2D eigenvalue weighted by Gasteiger charge is 2.16. The van der Waals surface area contributed by atoms with E-state index in [0.29, 0.717) is 33.6 Å². The molecule has 0 saturated heterocycles. The predicted molar refractivity (Wildman–Crippen MR) is 124 cm³/mol. The van der Waals surface area contributed by atoms with Gasteiger partial charge in [0.05, 0.1) is 34.4 Å². The number of hydrogen-bond acceptors (Lipinski definition) is 5. The van der Waals surface area contributed by atoms with Gasteiger partial charge in [-0.2, -0.15) is 5.10 Å². The lowest BCUT2D eigenvalue weighted by molar-refractivity contribution is -0.147. The zero-order valence-electron chi connectivity index (χ0n) is 17.7. The average molecular weight is 476 g/mol. The number of nitrogens with one attached hydrogen (secondary N) is 1. The van der Waals surface area contributed by atoms with Gasteiger partial charge in [-0.1, -0.05) is 41.4 Å². The molecule has 0 saturated carbocycles.